The predicted octanol–water partition coefficient (Wildman–Crippen LogP) is -0.471. The number of hydrogen-bond acceptors (Lipinski definition) is 3. The maximum Gasteiger partial charge on any atom is 0.330 e. The third-order valence-corrected chi connectivity index (χ3v) is 2.34. The average molecular weight is 143 g/mol. The highest BCUT2D eigenvalue weighted by Gasteiger charge is 2.26. The number of thioether (sulfide) groups is 1. The first-order chi connectivity index (χ1) is 4.22. The van der Waals surface area contributed by atoms with Crippen LogP contribution in [0.5, 0.6) is 0 Å². The quantitative estimate of drug-likeness (QED) is 0.503. The molecular formula is C4H6BNO2S. The molecule has 0 aromatic rings. The summed E-state index contributed by atoms with van der Waals surface area (Å²) in [5, 5.41) is 7.92. The minimum atomic E-state index is -0.847. The van der Waals surface area contributed by atoms with Gasteiger partial charge in [-0.2, -0.15) is 0 Å². The van der Waals surface area contributed by atoms with E-state index in [1.165, 1.54) is 16.6 Å². The third kappa shape index (κ3) is 1.40. The van der Waals surface area contributed by atoms with Crippen LogP contribution in [0.1, 0.15) is 0 Å². The maximum atomic E-state index is 10.3. The molecule has 0 amide bonds. The summed E-state index contributed by atoms with van der Waals surface area (Å²) in [7, 11) is 5.31. The molecule has 0 unspecified atom stereocenters. The molecule has 0 aromatic carbocycles. The Labute approximate surface area is 58.8 Å². The van der Waals surface area contributed by atoms with Gasteiger partial charge in [-0.25, -0.2) is 4.79 Å². The van der Waals surface area contributed by atoms with Crippen molar-refractivity contribution in [1.29, 1.82) is 0 Å². The van der Waals surface area contributed by atoms with Crippen LogP contribution < -0.4 is 0 Å². The van der Waals surface area contributed by atoms with E-state index in [9.17, 15) is 4.79 Å². The van der Waals surface area contributed by atoms with Gasteiger partial charge in [-0.05, 0) is 6.54 Å². The smallest absolute Gasteiger partial charge is 0.330 e. The predicted molar refractivity (Wildman–Crippen MR) is 36.3 cm³/mol. The van der Waals surface area contributed by atoms with Crippen molar-refractivity contribution in [3.63, 3.8) is 0 Å². The minimum absolute atomic E-state index is 0.523. The van der Waals surface area contributed by atoms with Gasteiger partial charge in [-0.1, -0.05) is 0 Å². The van der Waals surface area contributed by atoms with Crippen molar-refractivity contribution in [3.05, 3.63) is 0 Å². The number of carboxylic acid groups (broad SMARTS) is 1. The monoisotopic (exact) mass is 143 g/mol. The van der Waals surface area contributed by atoms with Gasteiger partial charge in [0.1, 0.15) is 5.37 Å². The second-order valence-corrected chi connectivity index (χ2v) is 2.99. The van der Waals surface area contributed by atoms with Gasteiger partial charge in [0.05, 0.1) is 0 Å². The lowest BCUT2D eigenvalue weighted by atomic mass is 10.3. The first-order valence-corrected chi connectivity index (χ1v) is 3.62. The van der Waals surface area contributed by atoms with E-state index >= 15 is 0 Å². The standard InChI is InChI=1S/C4H6BNO2S/c5-6-1-2-9-3(6)4(7)8/h3H,1-2H2,(H,7,8)/t3-/m0/s1. The lowest BCUT2D eigenvalue weighted by Crippen LogP contribution is -2.31. The lowest BCUT2D eigenvalue weighted by Gasteiger charge is -2.12. The Morgan fingerprint density at radius 2 is 2.56 bits per heavy atom. The molecule has 2 radical (unpaired) electrons. The third-order valence-electron chi connectivity index (χ3n) is 1.14. The second kappa shape index (κ2) is 2.62. The van der Waals surface area contributed by atoms with Gasteiger partial charge >= 0.3 is 5.97 Å². The molecule has 0 aliphatic carbocycles. The van der Waals surface area contributed by atoms with E-state index in [1.807, 2.05) is 0 Å². The molecule has 0 bridgehead atoms. The van der Waals surface area contributed by atoms with E-state index < -0.39 is 11.3 Å². The lowest BCUT2D eigenvalue weighted by molar-refractivity contribution is -0.138. The Morgan fingerprint density at radius 1 is 1.89 bits per heavy atom. The van der Waals surface area contributed by atoms with Gasteiger partial charge in [-0.15, -0.1) is 11.8 Å². The summed E-state index contributed by atoms with van der Waals surface area (Å²) in [5.74, 6) is -0.0343. The fraction of sp³-hybridized carbons (Fsp3) is 0.750. The van der Waals surface area contributed by atoms with Gasteiger partial charge < -0.3 is 9.92 Å². The normalized spacial score (nSPS) is 28.7. The van der Waals surface area contributed by atoms with Crippen LogP contribution >= 0.6 is 11.8 Å². The topological polar surface area (TPSA) is 40.5 Å². The van der Waals surface area contributed by atoms with Crippen LogP contribution in [0.3, 0.4) is 0 Å². The van der Waals surface area contributed by atoms with Crippen LogP contribution in [-0.2, 0) is 4.79 Å². The largest absolute Gasteiger partial charge is 0.479 e. The first kappa shape index (κ1) is 6.96. The van der Waals surface area contributed by atoms with E-state index in [0.29, 0.717) is 6.54 Å². The molecule has 0 aromatic heterocycles. The fourth-order valence-corrected chi connectivity index (χ4v) is 1.67. The van der Waals surface area contributed by atoms with E-state index in [2.05, 4.69) is 0 Å². The Hall–Kier alpha value is -0.155. The van der Waals surface area contributed by atoms with Gasteiger partial charge in [0.25, 0.3) is 0 Å². The van der Waals surface area contributed by atoms with Crippen molar-refractivity contribution in [3.8, 4) is 0 Å². The summed E-state index contributed by atoms with van der Waals surface area (Å²) in [6, 6.07) is 0. The summed E-state index contributed by atoms with van der Waals surface area (Å²) in [6.45, 7) is 0.668. The Bertz CT molecular complexity index is 132. The molecule has 9 heavy (non-hydrogen) atoms. The van der Waals surface area contributed by atoms with Crippen molar-refractivity contribution in [2.75, 3.05) is 12.3 Å². The van der Waals surface area contributed by atoms with Gasteiger partial charge in [0, 0.05) is 5.75 Å². The van der Waals surface area contributed by atoms with Gasteiger partial charge in [0.2, 0.25) is 0 Å². The zero-order valence-electron chi connectivity index (χ0n) is 4.78. The molecule has 5 heteroatoms. The van der Waals surface area contributed by atoms with Crippen molar-refractivity contribution in [1.82, 2.24) is 4.81 Å². The van der Waals surface area contributed by atoms with Crippen LogP contribution in [0.2, 0.25) is 0 Å². The highest BCUT2D eigenvalue weighted by Crippen LogP contribution is 2.20. The molecule has 1 N–H and O–H groups in total. The minimum Gasteiger partial charge on any atom is -0.479 e. The number of nitrogens with zero attached hydrogens (tertiary/aromatic N) is 1. The second-order valence-electron chi connectivity index (χ2n) is 1.80. The molecule has 1 saturated heterocycles. The summed E-state index contributed by atoms with van der Waals surface area (Å²) in [5.41, 5.74) is 0. The highest BCUT2D eigenvalue weighted by atomic mass is 32.2. The molecule has 3 nitrogen and oxygen atoms in total. The van der Waals surface area contributed by atoms with Crippen LogP contribution in [0.25, 0.3) is 0 Å². The SMILES string of the molecule is [B]N1CCS[C@H]1C(=O)O. The number of carbonyl (C=O) groups is 1. The summed E-state index contributed by atoms with van der Waals surface area (Å²) >= 11 is 1.36. The molecule has 0 saturated carbocycles. The van der Waals surface area contributed by atoms with Gasteiger partial charge in [0.15, 0.2) is 7.98 Å². The number of carboxylic acids is 1. The first-order valence-electron chi connectivity index (χ1n) is 2.57. The van der Waals surface area contributed by atoms with Crippen LogP contribution in [0.15, 0.2) is 0 Å². The highest BCUT2D eigenvalue weighted by molar-refractivity contribution is 8.00. The molecule has 1 aliphatic heterocycles. The average Bonchev–Trinajstić information content (AvgIpc) is 2.13. The molecular weight excluding hydrogens is 137 g/mol. The van der Waals surface area contributed by atoms with Crippen molar-refractivity contribution in [2.24, 2.45) is 0 Å². The fourth-order valence-electron chi connectivity index (χ4n) is 0.696. The van der Waals surface area contributed by atoms with Crippen LogP contribution in [0.4, 0.5) is 0 Å². The van der Waals surface area contributed by atoms with Crippen molar-refractivity contribution in [2.45, 2.75) is 5.37 Å². The van der Waals surface area contributed by atoms with Crippen molar-refractivity contribution >= 4 is 25.7 Å². The molecule has 1 heterocycles. The van der Waals surface area contributed by atoms with E-state index in [0.717, 1.165) is 5.75 Å². The summed E-state index contributed by atoms with van der Waals surface area (Å²) < 4.78 is 0. The van der Waals surface area contributed by atoms with Gasteiger partial charge in [-0.3, -0.25) is 0 Å². The Kier molecular flexibility index (Phi) is 2.03. The molecule has 1 aliphatic rings. The Balaban J connectivity index is 2.49. The number of hydrogen-bond donors (Lipinski definition) is 1. The van der Waals surface area contributed by atoms with Crippen molar-refractivity contribution < 1.29 is 9.90 Å². The molecule has 48 valence electrons. The summed E-state index contributed by atoms with van der Waals surface area (Å²) in [4.78, 5) is 11.6. The summed E-state index contributed by atoms with van der Waals surface area (Å²) in [6.07, 6.45) is 0. The van der Waals surface area contributed by atoms with E-state index in [4.69, 9.17) is 13.1 Å². The molecule has 0 spiro atoms. The molecule has 1 fully saturated rings. The number of rotatable bonds is 1. The number of aliphatic carboxylic acids is 1. The molecule has 1 rings (SSSR count). The molecule has 1 atom stereocenters. The Morgan fingerprint density at radius 3 is 2.78 bits per heavy atom. The maximum absolute atomic E-state index is 10.3. The zero-order chi connectivity index (χ0) is 6.85. The zero-order valence-corrected chi connectivity index (χ0v) is 5.60. The van der Waals surface area contributed by atoms with Crippen LogP contribution in [0, 0.1) is 0 Å². The van der Waals surface area contributed by atoms with E-state index in [-0.39, 0.29) is 0 Å². The van der Waals surface area contributed by atoms with Crippen LogP contribution in [-0.4, -0.2) is 41.5 Å². The van der Waals surface area contributed by atoms with E-state index in [1.54, 1.807) is 0 Å².